The fraction of sp³-hybridized carbons (Fsp3) is 0.0625. The van der Waals surface area contributed by atoms with E-state index in [0.29, 0.717) is 0 Å². The summed E-state index contributed by atoms with van der Waals surface area (Å²) in [4.78, 5) is 0. The molecule has 3 heteroatoms. The average Bonchev–Trinajstić information content (AvgIpc) is 2.89. The Bertz CT molecular complexity index is 699. The van der Waals surface area contributed by atoms with Crippen LogP contribution in [0.3, 0.4) is 0 Å². The van der Waals surface area contributed by atoms with Gasteiger partial charge in [-0.1, -0.05) is 41.4 Å². The largest absolute Gasteiger partial charge is 0.240 e. The monoisotopic (exact) mass is 268 g/mol. The van der Waals surface area contributed by atoms with Gasteiger partial charge in [-0.15, -0.1) is 0 Å². The molecule has 0 unspecified atom stereocenters. The van der Waals surface area contributed by atoms with Crippen LogP contribution in [-0.2, 0) is 0 Å². The van der Waals surface area contributed by atoms with Crippen molar-refractivity contribution in [1.82, 2.24) is 9.78 Å². The summed E-state index contributed by atoms with van der Waals surface area (Å²) in [6, 6.07) is 16.1. The normalized spacial score (nSPS) is 10.6. The van der Waals surface area contributed by atoms with E-state index in [0.717, 1.165) is 21.8 Å². The fourth-order valence-corrected chi connectivity index (χ4v) is 2.17. The fourth-order valence-electron chi connectivity index (χ4n) is 1.98. The van der Waals surface area contributed by atoms with Crippen molar-refractivity contribution in [2.75, 3.05) is 0 Å². The van der Waals surface area contributed by atoms with Crippen LogP contribution in [0.4, 0.5) is 0 Å². The summed E-state index contributed by atoms with van der Waals surface area (Å²) >= 11 is 6.01. The molecule has 1 aromatic heterocycles. The van der Waals surface area contributed by atoms with Gasteiger partial charge in [0.25, 0.3) is 0 Å². The van der Waals surface area contributed by atoms with E-state index in [-0.39, 0.29) is 0 Å². The lowest BCUT2D eigenvalue weighted by Gasteiger charge is -2.01. The van der Waals surface area contributed by atoms with Gasteiger partial charge in [-0.05, 0) is 36.8 Å². The lowest BCUT2D eigenvalue weighted by Crippen LogP contribution is -1.93. The van der Waals surface area contributed by atoms with Crippen molar-refractivity contribution in [3.8, 4) is 16.8 Å². The summed E-state index contributed by atoms with van der Waals surface area (Å²) in [5.41, 5.74) is 4.43. The summed E-state index contributed by atoms with van der Waals surface area (Å²) in [5.74, 6) is 0. The van der Waals surface area contributed by atoms with E-state index in [1.807, 2.05) is 41.3 Å². The van der Waals surface area contributed by atoms with Crippen LogP contribution in [0.25, 0.3) is 16.8 Å². The van der Waals surface area contributed by atoms with Crippen LogP contribution in [0.5, 0.6) is 0 Å². The SMILES string of the molecule is Cc1ccc(-n2cc(-c3cccc(Cl)c3)cn2)cc1. The Morgan fingerprint density at radius 2 is 1.79 bits per heavy atom. The van der Waals surface area contributed by atoms with E-state index in [1.165, 1.54) is 5.56 Å². The van der Waals surface area contributed by atoms with Gasteiger partial charge in [0.05, 0.1) is 11.9 Å². The Kier molecular flexibility index (Phi) is 3.10. The van der Waals surface area contributed by atoms with Crippen LogP contribution in [0.2, 0.25) is 5.02 Å². The quantitative estimate of drug-likeness (QED) is 0.669. The Labute approximate surface area is 117 Å². The van der Waals surface area contributed by atoms with Gasteiger partial charge < -0.3 is 0 Å². The number of nitrogens with zero attached hydrogens (tertiary/aromatic N) is 2. The molecule has 0 fully saturated rings. The molecule has 0 saturated carbocycles. The Hall–Kier alpha value is -2.06. The standard InChI is InChI=1S/C16H13ClN2/c1-12-5-7-16(8-6-12)19-11-14(10-18-19)13-3-2-4-15(17)9-13/h2-11H,1H3. The molecule has 3 rings (SSSR count). The molecule has 0 bridgehead atoms. The third-order valence-corrected chi connectivity index (χ3v) is 3.27. The molecule has 0 radical (unpaired) electrons. The summed E-state index contributed by atoms with van der Waals surface area (Å²) in [7, 11) is 0. The molecular formula is C16H13ClN2. The number of aromatic nitrogens is 2. The van der Waals surface area contributed by atoms with Gasteiger partial charge in [-0.2, -0.15) is 5.10 Å². The second-order valence-electron chi connectivity index (χ2n) is 4.52. The number of aryl methyl sites for hydroxylation is 1. The average molecular weight is 269 g/mol. The van der Waals surface area contributed by atoms with Crippen LogP contribution in [0.1, 0.15) is 5.56 Å². The molecule has 0 aliphatic heterocycles. The zero-order valence-corrected chi connectivity index (χ0v) is 11.3. The number of benzene rings is 2. The maximum atomic E-state index is 6.01. The van der Waals surface area contributed by atoms with Crippen molar-refractivity contribution >= 4 is 11.6 Å². The first-order valence-electron chi connectivity index (χ1n) is 6.10. The minimum atomic E-state index is 0.737. The summed E-state index contributed by atoms with van der Waals surface area (Å²) in [6.07, 6.45) is 3.86. The lowest BCUT2D eigenvalue weighted by molar-refractivity contribution is 0.880. The predicted octanol–water partition coefficient (Wildman–Crippen LogP) is 4.50. The first-order chi connectivity index (χ1) is 9.22. The van der Waals surface area contributed by atoms with Gasteiger partial charge in [0.15, 0.2) is 0 Å². The molecule has 0 aliphatic carbocycles. The highest BCUT2D eigenvalue weighted by molar-refractivity contribution is 6.30. The van der Waals surface area contributed by atoms with Crippen molar-refractivity contribution < 1.29 is 0 Å². The molecule has 1 heterocycles. The highest BCUT2D eigenvalue weighted by Crippen LogP contribution is 2.23. The third kappa shape index (κ3) is 2.54. The maximum absolute atomic E-state index is 6.01. The molecule has 0 amide bonds. The molecule has 2 nitrogen and oxygen atoms in total. The van der Waals surface area contributed by atoms with Gasteiger partial charge in [-0.25, -0.2) is 4.68 Å². The summed E-state index contributed by atoms with van der Waals surface area (Å²) in [6.45, 7) is 2.07. The highest BCUT2D eigenvalue weighted by Gasteiger charge is 2.03. The molecule has 94 valence electrons. The summed E-state index contributed by atoms with van der Waals surface area (Å²) in [5, 5.41) is 5.13. The van der Waals surface area contributed by atoms with E-state index in [9.17, 15) is 0 Å². The van der Waals surface area contributed by atoms with E-state index in [1.54, 1.807) is 0 Å². The maximum Gasteiger partial charge on any atom is 0.0645 e. The molecule has 0 atom stereocenters. The molecule has 0 N–H and O–H groups in total. The van der Waals surface area contributed by atoms with E-state index in [4.69, 9.17) is 11.6 Å². The molecule has 3 aromatic rings. The minimum absolute atomic E-state index is 0.737. The second kappa shape index (κ2) is 4.90. The topological polar surface area (TPSA) is 17.8 Å². The molecular weight excluding hydrogens is 256 g/mol. The van der Waals surface area contributed by atoms with E-state index in [2.05, 4.69) is 36.3 Å². The molecule has 0 spiro atoms. The Morgan fingerprint density at radius 3 is 2.53 bits per heavy atom. The highest BCUT2D eigenvalue weighted by atomic mass is 35.5. The lowest BCUT2D eigenvalue weighted by atomic mass is 10.1. The van der Waals surface area contributed by atoms with Gasteiger partial charge in [0, 0.05) is 16.8 Å². The van der Waals surface area contributed by atoms with E-state index < -0.39 is 0 Å². The van der Waals surface area contributed by atoms with Crippen LogP contribution in [-0.4, -0.2) is 9.78 Å². The van der Waals surface area contributed by atoms with Crippen molar-refractivity contribution in [1.29, 1.82) is 0 Å². The number of rotatable bonds is 2. The van der Waals surface area contributed by atoms with Crippen molar-refractivity contribution in [3.63, 3.8) is 0 Å². The smallest absolute Gasteiger partial charge is 0.0645 e. The van der Waals surface area contributed by atoms with Gasteiger partial charge in [-0.3, -0.25) is 0 Å². The second-order valence-corrected chi connectivity index (χ2v) is 4.96. The van der Waals surface area contributed by atoms with Crippen LogP contribution in [0, 0.1) is 6.92 Å². The number of hydrogen-bond acceptors (Lipinski definition) is 1. The molecule has 19 heavy (non-hydrogen) atoms. The zero-order chi connectivity index (χ0) is 13.2. The Morgan fingerprint density at radius 1 is 1.00 bits per heavy atom. The molecule has 2 aromatic carbocycles. The number of halogens is 1. The van der Waals surface area contributed by atoms with Crippen molar-refractivity contribution in [2.24, 2.45) is 0 Å². The van der Waals surface area contributed by atoms with Crippen LogP contribution < -0.4 is 0 Å². The van der Waals surface area contributed by atoms with E-state index >= 15 is 0 Å². The van der Waals surface area contributed by atoms with Crippen LogP contribution in [0.15, 0.2) is 60.9 Å². The minimum Gasteiger partial charge on any atom is -0.240 e. The van der Waals surface area contributed by atoms with Crippen LogP contribution >= 0.6 is 11.6 Å². The van der Waals surface area contributed by atoms with Gasteiger partial charge in [0.1, 0.15) is 0 Å². The van der Waals surface area contributed by atoms with Gasteiger partial charge in [0.2, 0.25) is 0 Å². The Balaban J connectivity index is 1.97. The zero-order valence-electron chi connectivity index (χ0n) is 10.5. The van der Waals surface area contributed by atoms with Crippen molar-refractivity contribution in [3.05, 3.63) is 71.5 Å². The molecule has 0 saturated heterocycles. The third-order valence-electron chi connectivity index (χ3n) is 3.04. The summed E-state index contributed by atoms with van der Waals surface area (Å²) < 4.78 is 1.87. The first-order valence-corrected chi connectivity index (χ1v) is 6.48. The van der Waals surface area contributed by atoms with Crippen molar-refractivity contribution in [2.45, 2.75) is 6.92 Å². The van der Waals surface area contributed by atoms with Gasteiger partial charge >= 0.3 is 0 Å². The number of hydrogen-bond donors (Lipinski definition) is 0. The first kappa shape index (κ1) is 12.0. The predicted molar refractivity (Wildman–Crippen MR) is 78.7 cm³/mol. The molecule has 0 aliphatic rings.